The quantitative estimate of drug-likeness (QED) is 0.803. The van der Waals surface area contributed by atoms with Crippen LogP contribution in [0.5, 0.6) is 0 Å². The number of aryl methyl sites for hydroxylation is 1. The minimum atomic E-state index is -0.613. The number of nitrogens with zero attached hydrogens (tertiary/aromatic N) is 3. The summed E-state index contributed by atoms with van der Waals surface area (Å²) in [5.41, 5.74) is 6.45. The Labute approximate surface area is 96.1 Å². The molecule has 0 saturated heterocycles. The lowest BCUT2D eigenvalue weighted by Gasteiger charge is -1.98. The van der Waals surface area contributed by atoms with Gasteiger partial charge in [-0.3, -0.25) is 0 Å². The highest BCUT2D eigenvalue weighted by molar-refractivity contribution is 7.09. The molecule has 0 amide bonds. The molecule has 0 aliphatic rings. The van der Waals surface area contributed by atoms with E-state index in [9.17, 15) is 0 Å². The van der Waals surface area contributed by atoms with Crippen LogP contribution in [0.3, 0.4) is 0 Å². The molecule has 0 spiro atoms. The Morgan fingerprint density at radius 2 is 2.38 bits per heavy atom. The number of rotatable bonds is 4. The summed E-state index contributed by atoms with van der Waals surface area (Å²) in [6, 6.07) is -0.613. The summed E-state index contributed by atoms with van der Waals surface area (Å²) in [7, 11) is 0. The minimum Gasteiger partial charge on any atom is -0.394 e. The summed E-state index contributed by atoms with van der Waals surface area (Å²) in [5, 5.41) is 15.6. The lowest BCUT2D eigenvalue weighted by molar-refractivity contribution is 0.236. The molecule has 0 aromatic carbocycles. The molecule has 0 aliphatic carbocycles. The Balaban J connectivity index is 2.08. The molecule has 86 valence electrons. The third-order valence-corrected chi connectivity index (χ3v) is 2.83. The van der Waals surface area contributed by atoms with Crippen LogP contribution in [0.25, 0.3) is 0 Å². The van der Waals surface area contributed by atoms with Crippen molar-refractivity contribution >= 4 is 11.3 Å². The van der Waals surface area contributed by atoms with Gasteiger partial charge in [-0.25, -0.2) is 4.98 Å². The molecule has 2 aromatic heterocycles. The van der Waals surface area contributed by atoms with Gasteiger partial charge in [0.25, 0.3) is 0 Å². The van der Waals surface area contributed by atoms with E-state index in [4.69, 9.17) is 15.4 Å². The van der Waals surface area contributed by atoms with E-state index in [2.05, 4.69) is 15.1 Å². The average molecular weight is 240 g/mol. The first-order valence-corrected chi connectivity index (χ1v) is 5.67. The molecule has 7 heteroatoms. The normalized spacial score (nSPS) is 12.9. The van der Waals surface area contributed by atoms with Crippen molar-refractivity contribution < 1.29 is 9.63 Å². The molecule has 3 N–H and O–H groups in total. The highest BCUT2D eigenvalue weighted by atomic mass is 32.1. The van der Waals surface area contributed by atoms with Gasteiger partial charge in [-0.15, -0.1) is 11.3 Å². The minimum absolute atomic E-state index is 0.211. The van der Waals surface area contributed by atoms with E-state index < -0.39 is 6.04 Å². The molecule has 0 radical (unpaired) electrons. The van der Waals surface area contributed by atoms with Crippen LogP contribution in [0.4, 0.5) is 0 Å². The topological polar surface area (TPSA) is 98.1 Å². The van der Waals surface area contributed by atoms with Crippen LogP contribution in [0.2, 0.25) is 0 Å². The van der Waals surface area contributed by atoms with E-state index in [1.54, 1.807) is 11.3 Å². The lowest BCUT2D eigenvalue weighted by atomic mass is 10.3. The van der Waals surface area contributed by atoms with Crippen molar-refractivity contribution in [3.8, 4) is 0 Å². The zero-order valence-electron chi connectivity index (χ0n) is 8.75. The van der Waals surface area contributed by atoms with E-state index in [0.717, 1.165) is 10.7 Å². The number of aliphatic hydroxyl groups is 1. The van der Waals surface area contributed by atoms with Gasteiger partial charge >= 0.3 is 0 Å². The molecule has 2 rings (SSSR count). The second-order valence-electron chi connectivity index (χ2n) is 3.37. The smallest absolute Gasteiger partial charge is 0.245 e. The summed E-state index contributed by atoms with van der Waals surface area (Å²) in [5.74, 6) is 0.786. The third kappa shape index (κ3) is 2.43. The Morgan fingerprint density at radius 1 is 1.56 bits per heavy atom. The summed E-state index contributed by atoms with van der Waals surface area (Å²) >= 11 is 1.58. The summed E-state index contributed by atoms with van der Waals surface area (Å²) in [6.45, 7) is 1.73. The molecule has 1 atom stereocenters. The fourth-order valence-electron chi connectivity index (χ4n) is 1.22. The number of hydrogen-bond acceptors (Lipinski definition) is 7. The van der Waals surface area contributed by atoms with Crippen LogP contribution in [-0.4, -0.2) is 26.8 Å². The molecule has 16 heavy (non-hydrogen) atoms. The fraction of sp³-hybridized carbons (Fsp3) is 0.444. The zero-order chi connectivity index (χ0) is 11.5. The lowest BCUT2D eigenvalue weighted by Crippen LogP contribution is -2.14. The van der Waals surface area contributed by atoms with Crippen molar-refractivity contribution in [2.24, 2.45) is 5.73 Å². The first kappa shape index (κ1) is 11.2. The van der Waals surface area contributed by atoms with Gasteiger partial charge in [-0.1, -0.05) is 5.16 Å². The maximum atomic E-state index is 8.83. The van der Waals surface area contributed by atoms with Gasteiger partial charge in [0.15, 0.2) is 5.82 Å². The molecule has 0 aliphatic heterocycles. The molecule has 0 fully saturated rings. The maximum Gasteiger partial charge on any atom is 0.245 e. The Morgan fingerprint density at radius 3 is 3.00 bits per heavy atom. The van der Waals surface area contributed by atoms with Crippen molar-refractivity contribution in [3.05, 3.63) is 27.8 Å². The molecular weight excluding hydrogens is 228 g/mol. The van der Waals surface area contributed by atoms with Crippen LogP contribution < -0.4 is 5.73 Å². The number of hydrogen-bond donors (Lipinski definition) is 2. The van der Waals surface area contributed by atoms with E-state index in [-0.39, 0.29) is 12.5 Å². The zero-order valence-corrected chi connectivity index (χ0v) is 9.57. The second-order valence-corrected chi connectivity index (χ2v) is 4.43. The Bertz CT molecular complexity index is 468. The van der Waals surface area contributed by atoms with Gasteiger partial charge in [-0.2, -0.15) is 4.98 Å². The van der Waals surface area contributed by atoms with Gasteiger partial charge in [0.05, 0.1) is 23.7 Å². The predicted octanol–water partition coefficient (Wildman–Crippen LogP) is 0.417. The summed E-state index contributed by atoms with van der Waals surface area (Å²) in [6.07, 6.45) is 0.520. The molecule has 2 aromatic rings. The Hall–Kier alpha value is -1.31. The van der Waals surface area contributed by atoms with Gasteiger partial charge in [0.2, 0.25) is 5.89 Å². The predicted molar refractivity (Wildman–Crippen MR) is 58.0 cm³/mol. The van der Waals surface area contributed by atoms with Crippen molar-refractivity contribution in [1.82, 2.24) is 15.1 Å². The number of thiazole rings is 1. The largest absolute Gasteiger partial charge is 0.394 e. The highest BCUT2D eigenvalue weighted by Gasteiger charge is 2.14. The monoisotopic (exact) mass is 240 g/mol. The molecule has 0 saturated carbocycles. The molecular formula is C9H12N4O2S. The second kappa shape index (κ2) is 4.69. The van der Waals surface area contributed by atoms with Crippen molar-refractivity contribution in [1.29, 1.82) is 0 Å². The molecule has 0 bridgehead atoms. The molecule has 2 heterocycles. The molecule has 6 nitrogen and oxygen atoms in total. The van der Waals surface area contributed by atoms with Crippen LogP contribution in [0, 0.1) is 6.92 Å². The first-order chi connectivity index (χ1) is 7.69. The SMILES string of the molecule is Cc1nc(Cc2noc(C(N)CO)n2)cs1. The van der Waals surface area contributed by atoms with E-state index in [1.165, 1.54) is 0 Å². The highest BCUT2D eigenvalue weighted by Crippen LogP contribution is 2.13. The standard InChI is InChI=1S/C9H12N4O2S/c1-5-11-6(4-16-5)2-8-12-9(15-13-8)7(10)3-14/h4,7,14H,2-3,10H2,1H3. The third-order valence-electron chi connectivity index (χ3n) is 2.00. The van der Waals surface area contributed by atoms with Crippen LogP contribution in [0.1, 0.15) is 28.5 Å². The first-order valence-electron chi connectivity index (χ1n) is 4.79. The van der Waals surface area contributed by atoms with E-state index in [1.807, 2.05) is 12.3 Å². The van der Waals surface area contributed by atoms with Gasteiger partial charge in [0, 0.05) is 5.38 Å². The van der Waals surface area contributed by atoms with Crippen LogP contribution >= 0.6 is 11.3 Å². The van der Waals surface area contributed by atoms with Crippen LogP contribution in [-0.2, 0) is 6.42 Å². The van der Waals surface area contributed by atoms with Crippen molar-refractivity contribution in [2.45, 2.75) is 19.4 Å². The number of nitrogens with two attached hydrogens (primary N) is 1. The van der Waals surface area contributed by atoms with Gasteiger partial charge in [-0.05, 0) is 6.92 Å². The van der Waals surface area contributed by atoms with E-state index in [0.29, 0.717) is 12.2 Å². The average Bonchev–Trinajstić information content (AvgIpc) is 2.87. The number of aromatic nitrogens is 3. The van der Waals surface area contributed by atoms with Gasteiger partial charge in [0.1, 0.15) is 6.04 Å². The number of aliphatic hydroxyl groups excluding tert-OH is 1. The molecule has 1 unspecified atom stereocenters. The Kier molecular flexibility index (Phi) is 3.28. The van der Waals surface area contributed by atoms with Gasteiger partial charge < -0.3 is 15.4 Å². The van der Waals surface area contributed by atoms with E-state index >= 15 is 0 Å². The fourth-order valence-corrected chi connectivity index (χ4v) is 1.83. The maximum absolute atomic E-state index is 8.83. The summed E-state index contributed by atoms with van der Waals surface area (Å²) in [4.78, 5) is 8.38. The summed E-state index contributed by atoms with van der Waals surface area (Å²) < 4.78 is 4.93. The van der Waals surface area contributed by atoms with Crippen molar-refractivity contribution in [3.63, 3.8) is 0 Å². The van der Waals surface area contributed by atoms with Crippen molar-refractivity contribution in [2.75, 3.05) is 6.61 Å². The van der Waals surface area contributed by atoms with Crippen LogP contribution in [0.15, 0.2) is 9.90 Å².